The normalized spacial score (nSPS) is 17.8. The van der Waals surface area contributed by atoms with Gasteiger partial charge in [-0.15, -0.1) is 0 Å². The Morgan fingerprint density at radius 2 is 1.88 bits per heavy atom. The Labute approximate surface area is 143 Å². The highest BCUT2D eigenvalue weighted by atomic mass is 16.5. The maximum Gasteiger partial charge on any atom is 0.319 e. The second-order valence-electron chi connectivity index (χ2n) is 8.19. The smallest absolute Gasteiger partial charge is 0.319 e. The van der Waals surface area contributed by atoms with Crippen molar-refractivity contribution in [3.63, 3.8) is 0 Å². The molecule has 1 fully saturated rings. The predicted octanol–water partition coefficient (Wildman–Crippen LogP) is 2.19. The molecule has 0 aromatic carbocycles. The van der Waals surface area contributed by atoms with E-state index in [1.165, 1.54) is 0 Å². The van der Waals surface area contributed by atoms with Gasteiger partial charge in [-0.25, -0.2) is 4.79 Å². The van der Waals surface area contributed by atoms with Gasteiger partial charge < -0.3 is 19.2 Å². The van der Waals surface area contributed by atoms with Gasteiger partial charge >= 0.3 is 6.03 Å². The van der Waals surface area contributed by atoms with Crippen LogP contribution in [0.3, 0.4) is 0 Å². The molecule has 3 amide bonds. The van der Waals surface area contributed by atoms with Crippen molar-refractivity contribution in [1.29, 1.82) is 0 Å². The van der Waals surface area contributed by atoms with E-state index in [1.54, 1.807) is 34.9 Å². The molecule has 0 aliphatic carbocycles. The SMILES string of the molecule is CN(C)C(=O)N1CCN(C(=O)c2cc(C(C)(C)C)on2)C(C)(C)C1. The minimum Gasteiger partial charge on any atom is -0.360 e. The lowest BCUT2D eigenvalue weighted by Gasteiger charge is -2.47. The van der Waals surface area contributed by atoms with Crippen LogP contribution >= 0.6 is 0 Å². The van der Waals surface area contributed by atoms with Crippen LogP contribution in [0.4, 0.5) is 4.79 Å². The van der Waals surface area contributed by atoms with Crippen molar-refractivity contribution in [1.82, 2.24) is 19.9 Å². The summed E-state index contributed by atoms with van der Waals surface area (Å²) < 4.78 is 5.33. The first-order valence-electron chi connectivity index (χ1n) is 8.19. The van der Waals surface area contributed by atoms with Crippen molar-refractivity contribution in [2.75, 3.05) is 33.7 Å². The first-order valence-corrected chi connectivity index (χ1v) is 8.19. The predicted molar refractivity (Wildman–Crippen MR) is 91.0 cm³/mol. The molecule has 0 radical (unpaired) electrons. The fourth-order valence-electron chi connectivity index (χ4n) is 2.85. The summed E-state index contributed by atoms with van der Waals surface area (Å²) in [6, 6.07) is 1.68. The van der Waals surface area contributed by atoms with Crippen LogP contribution in [0.25, 0.3) is 0 Å². The van der Waals surface area contributed by atoms with Gasteiger partial charge in [0, 0.05) is 45.2 Å². The first kappa shape index (κ1) is 18.3. The molecule has 0 atom stereocenters. The molecule has 7 nitrogen and oxygen atoms in total. The molecule has 0 spiro atoms. The molecule has 7 heteroatoms. The van der Waals surface area contributed by atoms with Crippen LogP contribution in [-0.2, 0) is 5.41 Å². The minimum atomic E-state index is -0.470. The Bertz CT molecular complexity index is 628. The number of urea groups is 1. The van der Waals surface area contributed by atoms with Crippen molar-refractivity contribution in [3.8, 4) is 0 Å². The molecule has 1 aromatic heterocycles. The molecular formula is C17H28N4O3. The van der Waals surface area contributed by atoms with Gasteiger partial charge in [-0.2, -0.15) is 0 Å². The molecule has 1 aromatic rings. The quantitative estimate of drug-likeness (QED) is 0.788. The molecular weight excluding hydrogens is 308 g/mol. The van der Waals surface area contributed by atoms with E-state index in [4.69, 9.17) is 4.52 Å². The minimum absolute atomic E-state index is 0.0355. The van der Waals surface area contributed by atoms with Crippen molar-refractivity contribution < 1.29 is 14.1 Å². The van der Waals surface area contributed by atoms with Gasteiger partial charge in [0.1, 0.15) is 5.76 Å². The third-order valence-electron chi connectivity index (χ3n) is 4.27. The number of carbonyl (C=O) groups excluding carboxylic acids is 2. The Balaban J connectivity index is 2.16. The Morgan fingerprint density at radius 1 is 1.25 bits per heavy atom. The molecule has 1 saturated heterocycles. The molecule has 0 saturated carbocycles. The van der Waals surface area contributed by atoms with E-state index >= 15 is 0 Å². The number of amides is 3. The number of hydrogen-bond acceptors (Lipinski definition) is 4. The summed E-state index contributed by atoms with van der Waals surface area (Å²) in [6.45, 7) is 11.4. The van der Waals surface area contributed by atoms with Gasteiger partial charge in [-0.3, -0.25) is 4.79 Å². The molecule has 1 aliphatic heterocycles. The summed E-state index contributed by atoms with van der Waals surface area (Å²) in [4.78, 5) is 30.1. The third kappa shape index (κ3) is 3.55. The molecule has 1 aliphatic rings. The first-order chi connectivity index (χ1) is 10.9. The van der Waals surface area contributed by atoms with Crippen LogP contribution in [0.15, 0.2) is 10.6 Å². The summed E-state index contributed by atoms with van der Waals surface area (Å²) in [6.07, 6.45) is 0. The van der Waals surface area contributed by atoms with E-state index in [0.717, 1.165) is 0 Å². The summed E-state index contributed by atoms with van der Waals surface area (Å²) >= 11 is 0. The topological polar surface area (TPSA) is 69.9 Å². The van der Waals surface area contributed by atoms with Gasteiger partial charge in [0.25, 0.3) is 5.91 Å². The summed E-state index contributed by atoms with van der Waals surface area (Å²) in [5.41, 5.74) is -0.347. The van der Waals surface area contributed by atoms with Gasteiger partial charge in [0.2, 0.25) is 0 Å². The monoisotopic (exact) mass is 336 g/mol. The zero-order valence-electron chi connectivity index (χ0n) is 15.7. The highest BCUT2D eigenvalue weighted by Gasteiger charge is 2.40. The van der Waals surface area contributed by atoms with Gasteiger partial charge in [-0.1, -0.05) is 25.9 Å². The van der Waals surface area contributed by atoms with Crippen molar-refractivity contribution in [2.45, 2.75) is 45.6 Å². The number of piperazine rings is 1. The maximum atomic E-state index is 12.9. The van der Waals surface area contributed by atoms with Crippen LogP contribution in [-0.4, -0.2) is 71.1 Å². The van der Waals surface area contributed by atoms with Crippen LogP contribution in [0.1, 0.15) is 50.9 Å². The molecule has 2 heterocycles. The Hall–Kier alpha value is -2.05. The van der Waals surface area contributed by atoms with Gasteiger partial charge in [0.15, 0.2) is 5.69 Å². The van der Waals surface area contributed by atoms with E-state index in [2.05, 4.69) is 5.16 Å². The number of hydrogen-bond donors (Lipinski definition) is 0. The average Bonchev–Trinajstić information content (AvgIpc) is 2.94. The van der Waals surface area contributed by atoms with Crippen molar-refractivity contribution >= 4 is 11.9 Å². The largest absolute Gasteiger partial charge is 0.360 e. The number of aromatic nitrogens is 1. The van der Waals surface area contributed by atoms with Crippen molar-refractivity contribution in [2.24, 2.45) is 0 Å². The summed E-state index contributed by atoms with van der Waals surface area (Å²) in [7, 11) is 3.46. The molecule has 24 heavy (non-hydrogen) atoms. The highest BCUT2D eigenvalue weighted by molar-refractivity contribution is 5.93. The van der Waals surface area contributed by atoms with Gasteiger partial charge in [0.05, 0.1) is 5.54 Å². The lowest BCUT2D eigenvalue weighted by Crippen LogP contribution is -2.63. The highest BCUT2D eigenvalue weighted by Crippen LogP contribution is 2.26. The molecule has 2 rings (SSSR count). The molecule has 0 unspecified atom stereocenters. The standard InChI is InChI=1S/C17H28N4O3/c1-16(2,3)13-10-12(18-24-13)14(22)21-9-8-20(11-17(21,4)5)15(23)19(6)7/h10H,8-9,11H2,1-7H3. The van der Waals surface area contributed by atoms with Crippen LogP contribution in [0.2, 0.25) is 0 Å². The maximum absolute atomic E-state index is 12.9. The second-order valence-corrected chi connectivity index (χ2v) is 8.19. The zero-order valence-corrected chi connectivity index (χ0v) is 15.7. The van der Waals surface area contributed by atoms with E-state index in [-0.39, 0.29) is 17.4 Å². The Kier molecular flexibility index (Phi) is 4.65. The van der Waals surface area contributed by atoms with Crippen molar-refractivity contribution in [3.05, 3.63) is 17.5 Å². The van der Waals surface area contributed by atoms with E-state index in [0.29, 0.717) is 31.1 Å². The number of carbonyl (C=O) groups is 2. The molecule has 0 N–H and O–H groups in total. The van der Waals surface area contributed by atoms with E-state index in [1.807, 2.05) is 34.6 Å². The van der Waals surface area contributed by atoms with E-state index in [9.17, 15) is 9.59 Å². The summed E-state index contributed by atoms with van der Waals surface area (Å²) in [5, 5.41) is 3.95. The fourth-order valence-corrected chi connectivity index (χ4v) is 2.85. The summed E-state index contributed by atoms with van der Waals surface area (Å²) in [5.74, 6) is 0.529. The van der Waals surface area contributed by atoms with Gasteiger partial charge in [-0.05, 0) is 13.8 Å². The zero-order chi connectivity index (χ0) is 18.3. The van der Waals surface area contributed by atoms with Crippen LogP contribution in [0.5, 0.6) is 0 Å². The Morgan fingerprint density at radius 3 is 2.33 bits per heavy atom. The number of rotatable bonds is 1. The lowest BCUT2D eigenvalue weighted by molar-refractivity contribution is 0.0233. The fraction of sp³-hybridized carbons (Fsp3) is 0.706. The van der Waals surface area contributed by atoms with E-state index < -0.39 is 5.54 Å². The second kappa shape index (κ2) is 6.11. The number of nitrogens with zero attached hydrogens (tertiary/aromatic N) is 4. The average molecular weight is 336 g/mol. The van der Waals surface area contributed by atoms with Crippen LogP contribution in [0, 0.1) is 0 Å². The lowest BCUT2D eigenvalue weighted by atomic mass is 9.93. The molecule has 0 bridgehead atoms. The molecule has 134 valence electrons. The third-order valence-corrected chi connectivity index (χ3v) is 4.27. The van der Waals surface area contributed by atoms with Crippen LogP contribution < -0.4 is 0 Å².